The minimum Gasteiger partial charge on any atom is -0.497 e. The maximum atomic E-state index is 5.37. The minimum atomic E-state index is 0.0985. The predicted molar refractivity (Wildman–Crippen MR) is 84.3 cm³/mol. The number of methoxy groups -OCH3 is 2. The molecule has 19 heavy (non-hydrogen) atoms. The Labute approximate surface area is 118 Å². The Balaban J connectivity index is 3.12. The normalized spacial score (nSPS) is 12.3. The molecule has 3 heteroatoms. The maximum absolute atomic E-state index is 5.37. The largest absolute Gasteiger partial charge is 0.497 e. The van der Waals surface area contributed by atoms with Crippen molar-refractivity contribution in [2.24, 2.45) is 5.41 Å². The van der Waals surface area contributed by atoms with Crippen LogP contribution in [0.3, 0.4) is 0 Å². The van der Waals surface area contributed by atoms with Gasteiger partial charge >= 0.3 is 0 Å². The van der Waals surface area contributed by atoms with E-state index < -0.39 is 0 Å². The van der Waals surface area contributed by atoms with Crippen LogP contribution in [0.1, 0.15) is 39.7 Å². The van der Waals surface area contributed by atoms with Gasteiger partial charge < -0.3 is 9.47 Å². The fourth-order valence-corrected chi connectivity index (χ4v) is 2.62. The summed E-state index contributed by atoms with van der Waals surface area (Å²) in [6.07, 6.45) is 2.31. The van der Waals surface area contributed by atoms with E-state index in [0.29, 0.717) is 5.41 Å². The lowest BCUT2D eigenvalue weighted by molar-refractivity contribution is 0.283. The molecule has 0 fully saturated rings. The van der Waals surface area contributed by atoms with E-state index in [1.54, 1.807) is 14.2 Å². The molecule has 0 radical (unpaired) electrons. The number of hydrogen-bond acceptors (Lipinski definition) is 2. The number of ether oxygens (including phenoxy) is 2. The van der Waals surface area contributed by atoms with E-state index in [0.717, 1.165) is 17.9 Å². The standard InChI is InChI=1S/C16H27BO2/c1-15(2,11-17)10-16(3,4)12-7-13(18-5)9-14(8-12)19-6/h7-9H,10-11,17H2,1-6H3. The summed E-state index contributed by atoms with van der Waals surface area (Å²) in [4.78, 5) is 0. The van der Waals surface area contributed by atoms with Crippen LogP contribution < -0.4 is 9.47 Å². The van der Waals surface area contributed by atoms with Crippen LogP contribution in [0.25, 0.3) is 0 Å². The average Bonchev–Trinajstić information content (AvgIpc) is 2.37. The van der Waals surface area contributed by atoms with Crippen molar-refractivity contribution in [3.63, 3.8) is 0 Å². The van der Waals surface area contributed by atoms with Crippen molar-refractivity contribution in [2.45, 2.75) is 45.9 Å². The van der Waals surface area contributed by atoms with Crippen molar-refractivity contribution in [1.82, 2.24) is 0 Å². The molecule has 0 spiro atoms. The third-order valence-corrected chi connectivity index (χ3v) is 4.01. The summed E-state index contributed by atoms with van der Waals surface area (Å²) < 4.78 is 10.7. The Bertz CT molecular complexity index is 403. The third kappa shape index (κ3) is 4.19. The van der Waals surface area contributed by atoms with Crippen LogP contribution in [-0.2, 0) is 5.41 Å². The molecule has 0 unspecified atom stereocenters. The van der Waals surface area contributed by atoms with Gasteiger partial charge in [0.1, 0.15) is 19.3 Å². The lowest BCUT2D eigenvalue weighted by atomic mass is 9.67. The first-order valence-corrected chi connectivity index (χ1v) is 6.97. The van der Waals surface area contributed by atoms with Crippen LogP contribution in [0.15, 0.2) is 18.2 Å². The summed E-state index contributed by atoms with van der Waals surface area (Å²) in [5.41, 5.74) is 1.70. The number of hydrogen-bond donors (Lipinski definition) is 0. The zero-order chi connectivity index (χ0) is 14.7. The van der Waals surface area contributed by atoms with Gasteiger partial charge in [-0.1, -0.05) is 34.0 Å². The van der Waals surface area contributed by atoms with Gasteiger partial charge in [0.05, 0.1) is 14.2 Å². The Morgan fingerprint density at radius 1 is 0.947 bits per heavy atom. The molecule has 0 bridgehead atoms. The van der Waals surface area contributed by atoms with Crippen LogP contribution in [-0.4, -0.2) is 22.1 Å². The number of rotatable bonds is 6. The van der Waals surface area contributed by atoms with E-state index in [1.807, 2.05) is 6.07 Å². The molecule has 0 saturated heterocycles. The molecule has 0 saturated carbocycles. The second kappa shape index (κ2) is 5.89. The van der Waals surface area contributed by atoms with E-state index in [4.69, 9.17) is 9.47 Å². The fraction of sp³-hybridized carbons (Fsp3) is 0.625. The zero-order valence-corrected chi connectivity index (χ0v) is 13.5. The molecule has 0 aliphatic rings. The quantitative estimate of drug-likeness (QED) is 0.731. The first-order valence-electron chi connectivity index (χ1n) is 6.97. The van der Waals surface area contributed by atoms with Crippen LogP contribution in [0.4, 0.5) is 0 Å². The van der Waals surface area contributed by atoms with Crippen molar-refractivity contribution in [1.29, 1.82) is 0 Å². The molecule has 0 heterocycles. The topological polar surface area (TPSA) is 18.5 Å². The summed E-state index contributed by atoms with van der Waals surface area (Å²) in [5.74, 6) is 1.72. The van der Waals surface area contributed by atoms with Crippen molar-refractivity contribution >= 4 is 7.85 Å². The molecule has 1 rings (SSSR count). The molecular formula is C16H27BO2. The van der Waals surface area contributed by atoms with Gasteiger partial charge in [0.25, 0.3) is 0 Å². The monoisotopic (exact) mass is 262 g/mol. The summed E-state index contributed by atoms with van der Waals surface area (Å²) >= 11 is 0. The molecule has 1 aromatic rings. The van der Waals surface area contributed by atoms with Gasteiger partial charge in [-0.25, -0.2) is 0 Å². The Hall–Kier alpha value is -1.12. The van der Waals surface area contributed by atoms with Crippen molar-refractivity contribution in [2.75, 3.05) is 14.2 Å². The van der Waals surface area contributed by atoms with Crippen LogP contribution >= 0.6 is 0 Å². The van der Waals surface area contributed by atoms with E-state index in [9.17, 15) is 0 Å². The third-order valence-electron chi connectivity index (χ3n) is 4.01. The molecular weight excluding hydrogens is 235 g/mol. The summed E-state index contributed by atoms with van der Waals surface area (Å²) in [6.45, 7) is 9.23. The highest BCUT2D eigenvalue weighted by Crippen LogP contribution is 2.40. The Morgan fingerprint density at radius 2 is 1.42 bits per heavy atom. The smallest absolute Gasteiger partial charge is 0.122 e. The van der Waals surface area contributed by atoms with E-state index in [2.05, 4.69) is 47.7 Å². The summed E-state index contributed by atoms with van der Waals surface area (Å²) in [5, 5.41) is 0. The molecule has 1 aromatic carbocycles. The predicted octanol–water partition coefficient (Wildman–Crippen LogP) is 3.45. The first-order chi connectivity index (χ1) is 8.74. The van der Waals surface area contributed by atoms with Gasteiger partial charge in [-0.2, -0.15) is 0 Å². The van der Waals surface area contributed by atoms with E-state index in [-0.39, 0.29) is 5.41 Å². The molecule has 0 amide bonds. The molecule has 0 aromatic heterocycles. The highest BCUT2D eigenvalue weighted by atomic mass is 16.5. The van der Waals surface area contributed by atoms with Gasteiger partial charge in [-0.15, -0.1) is 0 Å². The summed E-state index contributed by atoms with van der Waals surface area (Å²) in [7, 11) is 5.64. The average molecular weight is 262 g/mol. The number of benzene rings is 1. The molecule has 0 atom stereocenters. The highest BCUT2D eigenvalue weighted by Gasteiger charge is 2.29. The lowest BCUT2D eigenvalue weighted by Gasteiger charge is -2.35. The van der Waals surface area contributed by atoms with E-state index >= 15 is 0 Å². The molecule has 0 aliphatic carbocycles. The zero-order valence-electron chi connectivity index (χ0n) is 13.5. The van der Waals surface area contributed by atoms with Gasteiger partial charge in [-0.3, -0.25) is 0 Å². The van der Waals surface area contributed by atoms with Gasteiger partial charge in [0, 0.05) is 6.07 Å². The van der Waals surface area contributed by atoms with Crippen molar-refractivity contribution in [3.8, 4) is 11.5 Å². The Morgan fingerprint density at radius 3 is 1.79 bits per heavy atom. The van der Waals surface area contributed by atoms with E-state index in [1.165, 1.54) is 11.9 Å². The SMILES string of the molecule is BCC(C)(C)CC(C)(C)c1cc(OC)cc(OC)c1. The van der Waals surface area contributed by atoms with Gasteiger partial charge in [0.2, 0.25) is 0 Å². The van der Waals surface area contributed by atoms with Gasteiger partial charge in [0.15, 0.2) is 0 Å². The van der Waals surface area contributed by atoms with Crippen LogP contribution in [0.2, 0.25) is 6.32 Å². The van der Waals surface area contributed by atoms with Gasteiger partial charge in [-0.05, 0) is 34.9 Å². The van der Waals surface area contributed by atoms with Crippen LogP contribution in [0, 0.1) is 5.41 Å². The van der Waals surface area contributed by atoms with Crippen molar-refractivity contribution in [3.05, 3.63) is 23.8 Å². The summed E-state index contributed by atoms with van der Waals surface area (Å²) in [6, 6.07) is 6.16. The van der Waals surface area contributed by atoms with Crippen LogP contribution in [0.5, 0.6) is 11.5 Å². The molecule has 0 aliphatic heterocycles. The first kappa shape index (κ1) is 15.9. The van der Waals surface area contributed by atoms with Crippen molar-refractivity contribution < 1.29 is 9.47 Å². The lowest BCUT2D eigenvalue weighted by Crippen LogP contribution is -2.26. The highest BCUT2D eigenvalue weighted by molar-refractivity contribution is 6.08. The second-order valence-electron chi connectivity index (χ2n) is 6.68. The maximum Gasteiger partial charge on any atom is 0.122 e. The second-order valence-corrected chi connectivity index (χ2v) is 6.68. The molecule has 2 nitrogen and oxygen atoms in total. The molecule has 106 valence electrons. The minimum absolute atomic E-state index is 0.0985. The fourth-order valence-electron chi connectivity index (χ4n) is 2.62. The molecule has 0 N–H and O–H groups in total. The Kier molecular flexibility index (Phi) is 4.95.